The van der Waals surface area contributed by atoms with Gasteiger partial charge in [0.15, 0.2) is 9.76 Å². The molecule has 2 aromatic rings. The minimum Gasteiger partial charge on any atom is -0.424 e. The van der Waals surface area contributed by atoms with Gasteiger partial charge in [-0.2, -0.15) is 0 Å². The van der Waals surface area contributed by atoms with Crippen LogP contribution in [0.3, 0.4) is 0 Å². The lowest BCUT2D eigenvalue weighted by atomic mass is 9.81. The van der Waals surface area contributed by atoms with Crippen molar-refractivity contribution >= 4 is 9.76 Å². The molecule has 0 saturated carbocycles. The van der Waals surface area contributed by atoms with E-state index in [4.69, 9.17) is 4.43 Å². The predicted molar refractivity (Wildman–Crippen MR) is 79.4 cm³/mol. The summed E-state index contributed by atoms with van der Waals surface area (Å²) in [4.78, 5) is 0. The Morgan fingerprint density at radius 1 is 0.722 bits per heavy atom. The highest BCUT2D eigenvalue weighted by atomic mass is 28.2. The molecule has 0 amide bonds. The van der Waals surface area contributed by atoms with E-state index in [0.29, 0.717) is 0 Å². The molecule has 0 bridgehead atoms. The Morgan fingerprint density at radius 3 is 1.44 bits per heavy atom. The van der Waals surface area contributed by atoms with Crippen LogP contribution >= 0.6 is 0 Å². The monoisotopic (exact) mass is 254 g/mol. The summed E-state index contributed by atoms with van der Waals surface area (Å²) in [6.45, 7) is 1.06. The molecule has 1 aliphatic carbocycles. The van der Waals surface area contributed by atoms with E-state index in [1.54, 1.807) is 0 Å². The molecule has 2 aliphatic rings. The van der Waals surface area contributed by atoms with Crippen molar-refractivity contribution in [2.45, 2.75) is 18.9 Å². The Labute approximate surface area is 111 Å². The number of fused-ring (bicyclic) bond motifs is 4. The first-order valence-electron chi connectivity index (χ1n) is 6.73. The van der Waals surface area contributed by atoms with Crippen molar-refractivity contribution in [3.05, 3.63) is 48.5 Å². The van der Waals surface area contributed by atoms with E-state index in [-0.39, 0.29) is 9.76 Å². The molecule has 1 aliphatic heterocycles. The van der Waals surface area contributed by atoms with Crippen molar-refractivity contribution in [2.75, 3.05) is 6.61 Å². The zero-order valence-corrected chi connectivity index (χ0v) is 12.0. The highest BCUT2D eigenvalue weighted by Crippen LogP contribution is 2.46. The van der Waals surface area contributed by atoms with E-state index in [0.717, 1.165) is 6.61 Å². The maximum atomic E-state index is 5.21. The summed E-state index contributed by atoms with van der Waals surface area (Å²) in [5.74, 6) is 0. The molecule has 0 unspecified atom stereocenters. The summed E-state index contributed by atoms with van der Waals surface area (Å²) in [5.41, 5.74) is 5.59. The summed E-state index contributed by atoms with van der Waals surface area (Å²) in [7, 11) is 0.00849. The normalized spacial score (nSPS) is 16.9. The predicted octanol–water partition coefficient (Wildman–Crippen LogP) is 3.63. The summed E-state index contributed by atoms with van der Waals surface area (Å²) in [5, 5.41) is 0. The van der Waals surface area contributed by atoms with Gasteiger partial charge in [-0.15, -0.1) is 0 Å². The zero-order chi connectivity index (χ0) is 12.2. The standard InChI is InChI=1S/C12H8.C4H10OSi/c1-2-6-10-9(5-1)11-7-3-4-8-12(10)11;1-2-4-6-5-3-1/h1-8H;1-4,6H2. The first-order chi connectivity index (χ1) is 8.97. The fraction of sp³-hybridized carbons (Fsp3) is 0.250. The van der Waals surface area contributed by atoms with Gasteiger partial charge in [0.25, 0.3) is 0 Å². The maximum absolute atomic E-state index is 5.21. The van der Waals surface area contributed by atoms with Crippen molar-refractivity contribution in [3.63, 3.8) is 0 Å². The molecule has 92 valence electrons. The lowest BCUT2D eigenvalue weighted by molar-refractivity contribution is 0.304. The molecule has 1 saturated heterocycles. The molecule has 0 spiro atoms. The molecule has 18 heavy (non-hydrogen) atoms. The number of rotatable bonds is 0. The average molecular weight is 254 g/mol. The molecule has 4 rings (SSSR count). The molecule has 0 atom stereocenters. The van der Waals surface area contributed by atoms with Crippen LogP contribution < -0.4 is 0 Å². The zero-order valence-electron chi connectivity index (χ0n) is 10.6. The molecule has 1 fully saturated rings. The van der Waals surface area contributed by atoms with Crippen LogP contribution in [0.2, 0.25) is 6.04 Å². The molecule has 2 heteroatoms. The first kappa shape index (κ1) is 11.7. The van der Waals surface area contributed by atoms with Gasteiger partial charge in [-0.05, 0) is 34.7 Å². The van der Waals surface area contributed by atoms with Gasteiger partial charge in [0.1, 0.15) is 0 Å². The Morgan fingerprint density at radius 2 is 1.22 bits per heavy atom. The number of benzene rings is 2. The molecule has 0 radical (unpaired) electrons. The topological polar surface area (TPSA) is 9.23 Å². The van der Waals surface area contributed by atoms with Gasteiger partial charge in [-0.3, -0.25) is 0 Å². The van der Waals surface area contributed by atoms with Crippen molar-refractivity contribution in [2.24, 2.45) is 0 Å². The van der Waals surface area contributed by atoms with E-state index < -0.39 is 0 Å². The smallest absolute Gasteiger partial charge is 0.161 e. The van der Waals surface area contributed by atoms with Gasteiger partial charge < -0.3 is 4.43 Å². The van der Waals surface area contributed by atoms with Crippen molar-refractivity contribution < 1.29 is 4.43 Å². The van der Waals surface area contributed by atoms with Gasteiger partial charge in [0.2, 0.25) is 0 Å². The van der Waals surface area contributed by atoms with Crippen molar-refractivity contribution in [1.29, 1.82) is 0 Å². The molecule has 0 N–H and O–H groups in total. The Hall–Kier alpha value is -1.38. The van der Waals surface area contributed by atoms with Crippen LogP contribution in [0.4, 0.5) is 0 Å². The minimum atomic E-state index is 0.00849. The number of hydrogen-bond acceptors (Lipinski definition) is 1. The lowest BCUT2D eigenvalue weighted by Gasteiger charge is -2.22. The fourth-order valence-electron chi connectivity index (χ4n) is 2.53. The minimum absolute atomic E-state index is 0.00849. The van der Waals surface area contributed by atoms with E-state index in [1.165, 1.54) is 41.1 Å². The highest BCUT2D eigenvalue weighted by molar-refractivity contribution is 6.27. The first-order valence-corrected chi connectivity index (χ1v) is 8.31. The number of hydrogen-bond donors (Lipinski definition) is 0. The second kappa shape index (κ2) is 5.51. The summed E-state index contributed by atoms with van der Waals surface area (Å²) < 4.78 is 5.21. The third-order valence-corrected chi connectivity index (χ3v) is 4.88. The van der Waals surface area contributed by atoms with Gasteiger partial charge in [-0.25, -0.2) is 0 Å². The molecule has 1 nitrogen and oxygen atoms in total. The van der Waals surface area contributed by atoms with Crippen molar-refractivity contribution in [3.8, 4) is 22.3 Å². The second-order valence-electron chi connectivity index (χ2n) is 4.76. The summed E-state index contributed by atoms with van der Waals surface area (Å²) in [6.07, 6.45) is 2.75. The molecule has 2 aromatic carbocycles. The van der Waals surface area contributed by atoms with E-state index in [2.05, 4.69) is 48.5 Å². The van der Waals surface area contributed by atoms with Gasteiger partial charge in [0, 0.05) is 6.61 Å². The van der Waals surface area contributed by atoms with Crippen LogP contribution in [-0.4, -0.2) is 16.4 Å². The quantitative estimate of drug-likeness (QED) is 0.557. The fourth-order valence-corrected chi connectivity index (χ4v) is 3.70. The average Bonchev–Trinajstić information content (AvgIpc) is 2.47. The van der Waals surface area contributed by atoms with Crippen LogP contribution in [0.1, 0.15) is 12.8 Å². The summed E-state index contributed by atoms with van der Waals surface area (Å²) >= 11 is 0. The third kappa shape index (κ3) is 2.26. The van der Waals surface area contributed by atoms with Crippen molar-refractivity contribution in [1.82, 2.24) is 0 Å². The van der Waals surface area contributed by atoms with Crippen LogP contribution in [0, 0.1) is 0 Å². The van der Waals surface area contributed by atoms with Gasteiger partial charge >= 0.3 is 0 Å². The third-order valence-electron chi connectivity index (χ3n) is 3.51. The van der Waals surface area contributed by atoms with Crippen LogP contribution in [0.15, 0.2) is 48.5 Å². The molecular formula is C16H18OSi. The maximum Gasteiger partial charge on any atom is 0.161 e. The molecule has 1 heterocycles. The van der Waals surface area contributed by atoms with Crippen LogP contribution in [-0.2, 0) is 4.43 Å². The van der Waals surface area contributed by atoms with E-state index in [9.17, 15) is 0 Å². The Bertz CT molecular complexity index is 421. The van der Waals surface area contributed by atoms with Crippen LogP contribution in [0.5, 0.6) is 0 Å². The van der Waals surface area contributed by atoms with Gasteiger partial charge in [0.05, 0.1) is 0 Å². The Kier molecular flexibility index (Phi) is 3.58. The van der Waals surface area contributed by atoms with Crippen LogP contribution in [0.25, 0.3) is 22.3 Å². The molecule has 0 aromatic heterocycles. The summed E-state index contributed by atoms with van der Waals surface area (Å²) in [6, 6.07) is 18.5. The SMILES string of the molecule is C1CC[SiH2]OC1.c1ccc2c(c1)-c1ccccc1-2. The second-order valence-corrected chi connectivity index (χ2v) is 6.29. The van der Waals surface area contributed by atoms with E-state index in [1.807, 2.05) is 0 Å². The van der Waals surface area contributed by atoms with Gasteiger partial charge in [-0.1, -0.05) is 55.0 Å². The lowest BCUT2D eigenvalue weighted by Crippen LogP contribution is -2.06. The highest BCUT2D eigenvalue weighted by Gasteiger charge is 2.19. The largest absolute Gasteiger partial charge is 0.424 e. The Balaban J connectivity index is 0.000000142. The van der Waals surface area contributed by atoms with E-state index >= 15 is 0 Å². The molecular weight excluding hydrogens is 236 g/mol.